The smallest absolute Gasteiger partial charge is 0.0936 e. The minimum atomic E-state index is 0.897. The molecule has 0 fully saturated rings. The summed E-state index contributed by atoms with van der Waals surface area (Å²) in [6.07, 6.45) is 9.23. The number of aromatic nitrogens is 2. The average molecular weight is 142 g/mol. The van der Waals surface area contributed by atoms with Gasteiger partial charge in [0.05, 0.1) is 11.5 Å². The predicted molar refractivity (Wildman–Crippen MR) is 42.9 cm³/mol. The van der Waals surface area contributed by atoms with Crippen molar-refractivity contribution in [1.29, 1.82) is 0 Å². The molecule has 0 saturated carbocycles. The van der Waals surface area contributed by atoms with Crippen LogP contribution < -0.4 is 10.6 Å². The van der Waals surface area contributed by atoms with Gasteiger partial charge in [-0.05, 0) is 30.4 Å². The van der Waals surface area contributed by atoms with Gasteiger partial charge in [0.1, 0.15) is 0 Å². The Hall–Kier alpha value is -1.66. The molecule has 0 unspecified atom stereocenters. The summed E-state index contributed by atoms with van der Waals surface area (Å²) in [6.45, 7) is 0. The van der Waals surface area contributed by atoms with E-state index in [1.165, 1.54) is 0 Å². The summed E-state index contributed by atoms with van der Waals surface area (Å²) in [4.78, 5) is 0. The van der Waals surface area contributed by atoms with Gasteiger partial charge in [-0.15, -0.1) is 5.73 Å². The molecule has 1 aliphatic rings. The van der Waals surface area contributed by atoms with E-state index in [0.717, 1.165) is 10.6 Å². The molecule has 0 amide bonds. The fraction of sp³-hybridized carbons (Fsp3) is 0. The Morgan fingerprint density at radius 3 is 3.09 bits per heavy atom. The second kappa shape index (κ2) is 2.52. The van der Waals surface area contributed by atoms with Gasteiger partial charge in [-0.2, -0.15) is 10.2 Å². The summed E-state index contributed by atoms with van der Waals surface area (Å²) in [5.41, 5.74) is 2.97. The summed E-state index contributed by atoms with van der Waals surface area (Å²) in [6, 6.07) is 1.93. The van der Waals surface area contributed by atoms with Gasteiger partial charge in [0.15, 0.2) is 0 Å². The number of allylic oxidation sites excluding steroid dienone is 1. The molecule has 1 heterocycles. The Balaban J connectivity index is 2.91. The Labute approximate surface area is 63.9 Å². The Morgan fingerprint density at radius 2 is 2.09 bits per heavy atom. The van der Waals surface area contributed by atoms with Crippen molar-refractivity contribution in [1.82, 2.24) is 10.2 Å². The highest BCUT2D eigenvalue weighted by Crippen LogP contribution is 1.75. The van der Waals surface area contributed by atoms with E-state index in [9.17, 15) is 0 Å². The zero-order chi connectivity index (χ0) is 7.52. The lowest BCUT2D eigenvalue weighted by atomic mass is 10.3. The van der Waals surface area contributed by atoms with E-state index in [-0.39, 0.29) is 0 Å². The van der Waals surface area contributed by atoms with E-state index in [4.69, 9.17) is 0 Å². The fourth-order valence-corrected chi connectivity index (χ4v) is 0.943. The van der Waals surface area contributed by atoms with E-state index in [1.54, 1.807) is 6.20 Å². The zero-order valence-corrected chi connectivity index (χ0v) is 5.86. The van der Waals surface area contributed by atoms with Crippen molar-refractivity contribution >= 4 is 12.2 Å². The normalized spacial score (nSPS) is 12.7. The van der Waals surface area contributed by atoms with Crippen LogP contribution in [0.2, 0.25) is 0 Å². The highest BCUT2D eigenvalue weighted by atomic mass is 15.1. The van der Waals surface area contributed by atoms with Crippen molar-refractivity contribution in [3.8, 4) is 0 Å². The summed E-state index contributed by atoms with van der Waals surface area (Å²) < 4.78 is 0. The lowest BCUT2D eigenvalue weighted by Crippen LogP contribution is -2.27. The molecule has 0 N–H and O–H groups in total. The lowest BCUT2D eigenvalue weighted by molar-refractivity contribution is 0.982. The molecule has 2 heteroatoms. The maximum Gasteiger partial charge on any atom is 0.0936 e. The Bertz CT molecular complexity index is 398. The van der Waals surface area contributed by atoms with Crippen molar-refractivity contribution < 1.29 is 0 Å². The standard InChI is InChI=1S/C9H6N2/c1-2-4-8-6-7-10-11-9(8)5-3-1/h2-7H. The molecule has 0 bridgehead atoms. The molecular formula is C9H6N2. The third-order valence-electron chi connectivity index (χ3n) is 1.48. The van der Waals surface area contributed by atoms with Crippen LogP contribution in [-0.4, -0.2) is 10.2 Å². The zero-order valence-electron chi connectivity index (χ0n) is 5.86. The third-order valence-corrected chi connectivity index (χ3v) is 1.48. The van der Waals surface area contributed by atoms with E-state index in [0.29, 0.717) is 0 Å². The van der Waals surface area contributed by atoms with Crippen LogP contribution in [0, 0.1) is 0 Å². The SMILES string of the molecule is C1=CC=c2ccnnc2=CC=1. The summed E-state index contributed by atoms with van der Waals surface area (Å²) in [5.74, 6) is 0. The Kier molecular flexibility index (Phi) is 1.39. The number of fused-ring (bicyclic) bond motifs is 1. The van der Waals surface area contributed by atoms with Gasteiger partial charge in [-0.1, -0.05) is 0 Å². The number of hydrogen-bond acceptors (Lipinski definition) is 2. The molecule has 2 nitrogen and oxygen atoms in total. The van der Waals surface area contributed by atoms with Crippen molar-refractivity contribution in [3.63, 3.8) is 0 Å². The summed E-state index contributed by atoms with van der Waals surface area (Å²) >= 11 is 0. The molecule has 0 spiro atoms. The molecule has 0 saturated heterocycles. The predicted octanol–water partition coefficient (Wildman–Crippen LogP) is -0.238. The molecule has 0 aromatic carbocycles. The van der Waals surface area contributed by atoms with Gasteiger partial charge in [0.25, 0.3) is 0 Å². The van der Waals surface area contributed by atoms with Gasteiger partial charge in [-0.25, -0.2) is 0 Å². The molecule has 11 heavy (non-hydrogen) atoms. The van der Waals surface area contributed by atoms with Crippen LogP contribution in [-0.2, 0) is 0 Å². The van der Waals surface area contributed by atoms with Crippen LogP contribution in [0.25, 0.3) is 12.2 Å². The van der Waals surface area contributed by atoms with Gasteiger partial charge >= 0.3 is 0 Å². The van der Waals surface area contributed by atoms with Crippen molar-refractivity contribution in [2.45, 2.75) is 0 Å². The van der Waals surface area contributed by atoms with Crippen molar-refractivity contribution in [3.05, 3.63) is 40.7 Å². The number of nitrogens with zero attached hydrogens (tertiary/aromatic N) is 2. The quantitative estimate of drug-likeness (QED) is 0.467. The van der Waals surface area contributed by atoms with Crippen LogP contribution in [0.1, 0.15) is 0 Å². The second-order valence-corrected chi connectivity index (χ2v) is 2.21. The monoisotopic (exact) mass is 142 g/mol. The van der Waals surface area contributed by atoms with E-state index < -0.39 is 0 Å². The molecule has 52 valence electrons. The largest absolute Gasteiger partial charge is 0.159 e. The molecule has 0 atom stereocenters. The van der Waals surface area contributed by atoms with Gasteiger partial charge in [-0.3, -0.25) is 0 Å². The Morgan fingerprint density at radius 1 is 1.18 bits per heavy atom. The minimum Gasteiger partial charge on any atom is -0.159 e. The molecule has 1 aromatic heterocycles. The van der Waals surface area contributed by atoms with Gasteiger partial charge in [0.2, 0.25) is 0 Å². The van der Waals surface area contributed by atoms with Gasteiger partial charge < -0.3 is 0 Å². The first-order valence-electron chi connectivity index (χ1n) is 3.38. The minimum absolute atomic E-state index is 0.897. The summed E-state index contributed by atoms with van der Waals surface area (Å²) in [5, 5.41) is 9.71. The highest BCUT2D eigenvalue weighted by Gasteiger charge is 1.84. The first kappa shape index (κ1) is 6.08. The number of hydrogen-bond donors (Lipinski definition) is 0. The molecule has 0 radical (unpaired) electrons. The third kappa shape index (κ3) is 1.11. The van der Waals surface area contributed by atoms with Crippen molar-refractivity contribution in [2.75, 3.05) is 0 Å². The van der Waals surface area contributed by atoms with Crippen molar-refractivity contribution in [2.24, 2.45) is 0 Å². The maximum absolute atomic E-state index is 3.95. The van der Waals surface area contributed by atoms with Crippen LogP contribution in [0.5, 0.6) is 0 Å². The van der Waals surface area contributed by atoms with Gasteiger partial charge in [0, 0.05) is 5.22 Å². The second-order valence-electron chi connectivity index (χ2n) is 2.21. The molecule has 1 aromatic rings. The molecule has 0 aliphatic heterocycles. The van der Waals surface area contributed by atoms with Crippen LogP contribution in [0.4, 0.5) is 0 Å². The topological polar surface area (TPSA) is 25.8 Å². The fourth-order valence-electron chi connectivity index (χ4n) is 0.943. The van der Waals surface area contributed by atoms with Crippen LogP contribution in [0.3, 0.4) is 0 Å². The molecule has 1 aliphatic carbocycles. The average Bonchev–Trinajstić information content (AvgIpc) is 2.28. The molecular weight excluding hydrogens is 136 g/mol. The highest BCUT2D eigenvalue weighted by molar-refractivity contribution is 5.45. The van der Waals surface area contributed by atoms with E-state index >= 15 is 0 Å². The maximum atomic E-state index is 3.95. The molecule has 2 rings (SSSR count). The van der Waals surface area contributed by atoms with E-state index in [2.05, 4.69) is 15.9 Å². The summed E-state index contributed by atoms with van der Waals surface area (Å²) in [7, 11) is 0. The van der Waals surface area contributed by atoms with Crippen LogP contribution in [0.15, 0.2) is 30.1 Å². The first-order valence-corrected chi connectivity index (χ1v) is 3.38. The number of rotatable bonds is 0. The van der Waals surface area contributed by atoms with E-state index in [1.807, 2.05) is 30.4 Å². The first-order chi connectivity index (χ1) is 5.47. The lowest BCUT2D eigenvalue weighted by Gasteiger charge is -1.82. The van der Waals surface area contributed by atoms with Crippen LogP contribution >= 0.6 is 0 Å².